The van der Waals surface area contributed by atoms with Gasteiger partial charge in [0.2, 0.25) is 5.91 Å². The quantitative estimate of drug-likeness (QED) is 0.452. The lowest BCUT2D eigenvalue weighted by atomic mass is 10.0. The molecule has 1 saturated heterocycles. The Morgan fingerprint density at radius 3 is 2.53 bits per heavy atom. The highest BCUT2D eigenvalue weighted by Gasteiger charge is 2.34. The van der Waals surface area contributed by atoms with Gasteiger partial charge < -0.3 is 25.6 Å². The molecule has 0 aromatic carbocycles. The minimum Gasteiger partial charge on any atom is -0.481 e. The molecule has 1 heterocycles. The summed E-state index contributed by atoms with van der Waals surface area (Å²) in [5.41, 5.74) is 0. The molecule has 19 heavy (non-hydrogen) atoms. The Morgan fingerprint density at radius 2 is 2.00 bits per heavy atom. The number of likely N-dealkylation sites (N-methyl/N-ethyl adjacent to an activating group) is 1. The Kier molecular flexibility index (Phi) is 5.71. The molecule has 0 aromatic heterocycles. The summed E-state index contributed by atoms with van der Waals surface area (Å²) in [7, 11) is 1.69. The summed E-state index contributed by atoms with van der Waals surface area (Å²) in [6.07, 6.45) is -0.456. The summed E-state index contributed by atoms with van der Waals surface area (Å²) >= 11 is 0. The van der Waals surface area contributed by atoms with E-state index in [0.29, 0.717) is 6.61 Å². The van der Waals surface area contributed by atoms with Gasteiger partial charge in [0, 0.05) is 12.5 Å². The Labute approximate surface area is 110 Å². The van der Waals surface area contributed by atoms with Gasteiger partial charge in [-0.25, -0.2) is 4.79 Å². The van der Waals surface area contributed by atoms with Crippen molar-refractivity contribution >= 4 is 17.8 Å². The molecule has 0 saturated carbocycles. The monoisotopic (exact) mass is 274 g/mol. The number of ether oxygens (including phenoxy) is 1. The average molecular weight is 274 g/mol. The molecule has 0 radical (unpaired) electrons. The fourth-order valence-corrected chi connectivity index (χ4v) is 1.90. The molecule has 8 heteroatoms. The number of hydrogen-bond donors (Lipinski definition) is 4. The molecule has 0 aromatic rings. The molecule has 108 valence electrons. The maximum absolute atomic E-state index is 11.9. The number of aliphatic carboxylic acids is 2. The Balaban J connectivity index is 2.55. The van der Waals surface area contributed by atoms with Gasteiger partial charge in [-0.3, -0.25) is 9.59 Å². The van der Waals surface area contributed by atoms with Crippen molar-refractivity contribution in [3.63, 3.8) is 0 Å². The predicted octanol–water partition coefficient (Wildman–Crippen LogP) is -1.34. The van der Waals surface area contributed by atoms with Gasteiger partial charge in [-0.15, -0.1) is 0 Å². The zero-order valence-corrected chi connectivity index (χ0v) is 10.6. The summed E-state index contributed by atoms with van der Waals surface area (Å²) in [6, 6.07) is -1.35. The highest BCUT2D eigenvalue weighted by Crippen LogP contribution is 2.14. The molecule has 0 bridgehead atoms. The van der Waals surface area contributed by atoms with E-state index in [2.05, 4.69) is 10.6 Å². The van der Waals surface area contributed by atoms with Crippen LogP contribution in [0.3, 0.4) is 0 Å². The second kappa shape index (κ2) is 7.05. The fourth-order valence-electron chi connectivity index (χ4n) is 1.90. The molecule has 4 N–H and O–H groups in total. The zero-order valence-electron chi connectivity index (χ0n) is 10.6. The van der Waals surface area contributed by atoms with E-state index in [1.165, 1.54) is 0 Å². The third kappa shape index (κ3) is 4.49. The smallest absolute Gasteiger partial charge is 0.326 e. The maximum Gasteiger partial charge on any atom is 0.326 e. The van der Waals surface area contributed by atoms with Gasteiger partial charge in [0.05, 0.1) is 19.1 Å². The van der Waals surface area contributed by atoms with E-state index in [1.54, 1.807) is 7.05 Å². The lowest BCUT2D eigenvalue weighted by Crippen LogP contribution is -2.48. The fraction of sp³-hybridized carbons (Fsp3) is 0.727. The minimum atomic E-state index is -1.24. The summed E-state index contributed by atoms with van der Waals surface area (Å²) < 4.78 is 5.16. The molecule has 3 atom stereocenters. The number of nitrogens with one attached hydrogen (secondary N) is 2. The van der Waals surface area contributed by atoms with Crippen molar-refractivity contribution in [3.8, 4) is 0 Å². The van der Waals surface area contributed by atoms with Crippen LogP contribution in [0.1, 0.15) is 12.8 Å². The van der Waals surface area contributed by atoms with E-state index in [9.17, 15) is 14.4 Å². The number of carbonyl (C=O) groups is 3. The van der Waals surface area contributed by atoms with Crippen molar-refractivity contribution in [2.24, 2.45) is 5.92 Å². The number of rotatable bonds is 7. The van der Waals surface area contributed by atoms with Crippen molar-refractivity contribution in [2.45, 2.75) is 24.9 Å². The number of carboxylic acids is 2. The number of carbonyl (C=O) groups excluding carboxylic acids is 1. The van der Waals surface area contributed by atoms with Crippen LogP contribution in [0.15, 0.2) is 0 Å². The van der Waals surface area contributed by atoms with Crippen molar-refractivity contribution in [1.82, 2.24) is 10.6 Å². The van der Waals surface area contributed by atoms with Gasteiger partial charge >= 0.3 is 11.9 Å². The van der Waals surface area contributed by atoms with Gasteiger partial charge in [-0.05, 0) is 13.5 Å². The third-order valence-corrected chi connectivity index (χ3v) is 3.05. The molecular weight excluding hydrogens is 256 g/mol. The summed E-state index contributed by atoms with van der Waals surface area (Å²) in [4.78, 5) is 33.3. The van der Waals surface area contributed by atoms with E-state index in [0.717, 1.165) is 0 Å². The van der Waals surface area contributed by atoms with Crippen LogP contribution in [-0.4, -0.2) is 60.4 Å². The van der Waals surface area contributed by atoms with E-state index >= 15 is 0 Å². The van der Waals surface area contributed by atoms with Crippen LogP contribution in [0.4, 0.5) is 0 Å². The standard InChI is InChI=1S/C11H18N2O6/c1-12-8-5-19-4-6(8)10(16)13-7(11(17)18)2-3-9(14)15/h6-8,12H,2-5H2,1H3,(H,13,16)(H,14,15)(H,17,18). The lowest BCUT2D eigenvalue weighted by Gasteiger charge is -2.19. The first-order valence-corrected chi connectivity index (χ1v) is 5.95. The van der Waals surface area contributed by atoms with Crippen LogP contribution in [0.2, 0.25) is 0 Å². The first-order valence-electron chi connectivity index (χ1n) is 5.95. The molecule has 0 aliphatic carbocycles. The molecule has 3 unspecified atom stereocenters. The molecule has 1 rings (SSSR count). The van der Waals surface area contributed by atoms with Gasteiger partial charge in [0.1, 0.15) is 6.04 Å². The van der Waals surface area contributed by atoms with Gasteiger partial charge in [-0.2, -0.15) is 0 Å². The predicted molar refractivity (Wildman–Crippen MR) is 63.6 cm³/mol. The van der Waals surface area contributed by atoms with Crippen LogP contribution < -0.4 is 10.6 Å². The van der Waals surface area contributed by atoms with Crippen LogP contribution in [0.25, 0.3) is 0 Å². The molecule has 1 amide bonds. The number of carboxylic acid groups (broad SMARTS) is 2. The van der Waals surface area contributed by atoms with Crippen LogP contribution in [-0.2, 0) is 19.1 Å². The van der Waals surface area contributed by atoms with Gasteiger partial charge in [0.25, 0.3) is 0 Å². The van der Waals surface area contributed by atoms with Crippen LogP contribution in [0, 0.1) is 5.92 Å². The molecule has 1 fully saturated rings. The highest BCUT2D eigenvalue weighted by molar-refractivity contribution is 5.86. The van der Waals surface area contributed by atoms with Crippen molar-refractivity contribution < 1.29 is 29.3 Å². The Morgan fingerprint density at radius 1 is 1.32 bits per heavy atom. The summed E-state index contributed by atoms with van der Waals surface area (Å²) in [5, 5.41) is 22.8. The van der Waals surface area contributed by atoms with Crippen LogP contribution in [0.5, 0.6) is 0 Å². The first kappa shape index (κ1) is 15.4. The lowest BCUT2D eigenvalue weighted by molar-refractivity contribution is -0.143. The van der Waals surface area contributed by atoms with Gasteiger partial charge in [-0.1, -0.05) is 0 Å². The van der Waals surface area contributed by atoms with Crippen molar-refractivity contribution in [1.29, 1.82) is 0 Å². The van der Waals surface area contributed by atoms with Crippen LogP contribution >= 0.6 is 0 Å². The summed E-state index contributed by atoms with van der Waals surface area (Å²) in [5.74, 6) is -3.24. The first-order chi connectivity index (χ1) is 8.95. The molecular formula is C11H18N2O6. The largest absolute Gasteiger partial charge is 0.481 e. The maximum atomic E-state index is 11.9. The van der Waals surface area contributed by atoms with Gasteiger partial charge in [0.15, 0.2) is 0 Å². The third-order valence-electron chi connectivity index (χ3n) is 3.05. The Hall–Kier alpha value is -1.67. The highest BCUT2D eigenvalue weighted by atomic mass is 16.5. The van der Waals surface area contributed by atoms with Crippen molar-refractivity contribution in [2.75, 3.05) is 20.3 Å². The van der Waals surface area contributed by atoms with Crippen molar-refractivity contribution in [3.05, 3.63) is 0 Å². The molecule has 1 aliphatic heterocycles. The number of hydrogen-bond acceptors (Lipinski definition) is 5. The van der Waals surface area contributed by atoms with E-state index in [4.69, 9.17) is 14.9 Å². The topological polar surface area (TPSA) is 125 Å². The van der Waals surface area contributed by atoms with E-state index in [1.807, 2.05) is 0 Å². The van der Waals surface area contributed by atoms with E-state index < -0.39 is 29.8 Å². The van der Waals surface area contributed by atoms with E-state index in [-0.39, 0.29) is 25.5 Å². The SMILES string of the molecule is CNC1COCC1C(=O)NC(CCC(=O)O)C(=O)O. The normalized spacial score (nSPS) is 23.8. The average Bonchev–Trinajstić information content (AvgIpc) is 2.81. The zero-order chi connectivity index (χ0) is 14.4. The molecule has 8 nitrogen and oxygen atoms in total. The second-order valence-electron chi connectivity index (χ2n) is 4.37. The molecule has 1 aliphatic rings. The molecule has 0 spiro atoms. The second-order valence-corrected chi connectivity index (χ2v) is 4.37. The number of amides is 1. The summed E-state index contributed by atoms with van der Waals surface area (Å²) in [6.45, 7) is 0.615. The Bertz CT molecular complexity index is 359. The minimum absolute atomic E-state index is 0.145.